The predicted octanol–water partition coefficient (Wildman–Crippen LogP) is -2.02. The summed E-state index contributed by atoms with van der Waals surface area (Å²) in [5, 5.41) is 39.4. The third-order valence-electron chi connectivity index (χ3n) is 6.60. The molecule has 3 heterocycles. The second-order valence-corrected chi connectivity index (χ2v) is 13.0. The monoisotopic (exact) mass is 651 g/mol. The molecule has 20 heteroatoms. The van der Waals surface area contributed by atoms with Gasteiger partial charge in [-0.2, -0.15) is 0 Å². The van der Waals surface area contributed by atoms with Crippen LogP contribution in [0.25, 0.3) is 0 Å². The molecule has 43 heavy (non-hydrogen) atoms. The molecule has 2 amide bonds. The lowest BCUT2D eigenvalue weighted by Crippen LogP contribution is -2.53. The number of fused-ring (bicyclic) bond motifs is 1. The summed E-state index contributed by atoms with van der Waals surface area (Å²) in [7, 11) is -3.18. The van der Waals surface area contributed by atoms with Crippen LogP contribution in [0.5, 0.6) is 0 Å². The maximum Gasteiger partial charge on any atom is 0.472 e. The molecule has 0 aliphatic carbocycles. The molecular weight excluding hydrogens is 613 g/mol. The summed E-state index contributed by atoms with van der Waals surface area (Å²) in [5.74, 6) is -0.170. The molecule has 2 aliphatic heterocycles. The highest BCUT2D eigenvalue weighted by atomic mass is 32.2. The number of aromatic nitrogens is 2. The molecule has 1 fully saturated rings. The van der Waals surface area contributed by atoms with E-state index in [1.165, 1.54) is 27.1 Å². The quantitative estimate of drug-likeness (QED) is 0.0798. The van der Waals surface area contributed by atoms with Crippen LogP contribution >= 0.6 is 19.6 Å². The second kappa shape index (κ2) is 14.9. The van der Waals surface area contributed by atoms with Gasteiger partial charge in [-0.1, -0.05) is 25.6 Å². The van der Waals surface area contributed by atoms with Crippen molar-refractivity contribution in [1.82, 2.24) is 25.9 Å². The van der Waals surface area contributed by atoms with Gasteiger partial charge in [-0.3, -0.25) is 28.4 Å². The number of aromatic amines is 1. The molecule has 1 aromatic heterocycles. The van der Waals surface area contributed by atoms with Crippen LogP contribution in [0.4, 0.5) is 5.82 Å². The molecule has 242 valence electrons. The number of anilines is 1. The molecule has 0 spiro atoms. The first-order valence-electron chi connectivity index (χ1n) is 13.2. The molecule has 2 aliphatic rings. The van der Waals surface area contributed by atoms with Crippen molar-refractivity contribution in [3.8, 4) is 0 Å². The van der Waals surface area contributed by atoms with Gasteiger partial charge < -0.3 is 50.8 Å². The summed E-state index contributed by atoms with van der Waals surface area (Å²) < 4.78 is 28.3. The van der Waals surface area contributed by atoms with E-state index in [1.54, 1.807) is 11.9 Å². The third kappa shape index (κ3) is 9.19. The Morgan fingerprint density at radius 2 is 2.02 bits per heavy atom. The topological polar surface area (TPSA) is 257 Å². The van der Waals surface area contributed by atoms with Crippen LogP contribution in [0.15, 0.2) is 11.3 Å². The minimum atomic E-state index is -4.77. The van der Waals surface area contributed by atoms with Crippen LogP contribution in [0.3, 0.4) is 0 Å². The highest BCUT2D eigenvalue weighted by Crippen LogP contribution is 2.46. The molecule has 8 N–H and O–H groups in total. The number of hydrogen-bond acceptors (Lipinski definition) is 14. The van der Waals surface area contributed by atoms with Gasteiger partial charge in [0.15, 0.2) is 17.2 Å². The number of carbonyl (C=O) groups is 3. The number of phosphoric ester groups is 1. The van der Waals surface area contributed by atoms with Gasteiger partial charge in [-0.05, 0) is 0 Å². The SMILES string of the molecule is CN=C1NCN(C2OC(COP(=O)(O)OCC(C)(C)C(O)C(=O)NCCC(=O)NCSC(C)=O)C(O)C2O)c2nc[nH]c21. The fraction of sp³-hybridized carbons (Fsp3) is 0.696. The fourth-order valence-electron chi connectivity index (χ4n) is 4.12. The van der Waals surface area contributed by atoms with E-state index in [4.69, 9.17) is 13.8 Å². The summed E-state index contributed by atoms with van der Waals surface area (Å²) in [5.41, 5.74) is -0.809. The lowest BCUT2D eigenvalue weighted by molar-refractivity contribution is -0.137. The van der Waals surface area contributed by atoms with Crippen LogP contribution < -0.4 is 20.9 Å². The number of amidine groups is 1. The van der Waals surface area contributed by atoms with Gasteiger partial charge in [0, 0.05) is 32.4 Å². The van der Waals surface area contributed by atoms with Gasteiger partial charge >= 0.3 is 7.82 Å². The maximum atomic E-state index is 12.6. The van der Waals surface area contributed by atoms with E-state index in [9.17, 15) is 39.2 Å². The second-order valence-electron chi connectivity index (χ2n) is 10.4. The van der Waals surface area contributed by atoms with Crippen LogP contribution in [-0.2, 0) is 32.7 Å². The van der Waals surface area contributed by atoms with Gasteiger partial charge in [0.25, 0.3) is 0 Å². The first kappa shape index (κ1) is 34.9. The molecule has 1 aromatic rings. The molecular formula is C23H38N7O11PS. The van der Waals surface area contributed by atoms with Gasteiger partial charge in [0.1, 0.15) is 35.9 Å². The van der Waals surface area contributed by atoms with Crippen molar-refractivity contribution in [3.63, 3.8) is 0 Å². The maximum absolute atomic E-state index is 12.6. The number of H-pyrrole nitrogens is 1. The molecule has 6 unspecified atom stereocenters. The molecule has 6 atom stereocenters. The zero-order valence-electron chi connectivity index (χ0n) is 24.1. The number of phosphoric acid groups is 1. The van der Waals surface area contributed by atoms with E-state index < -0.39 is 68.9 Å². The van der Waals surface area contributed by atoms with Crippen molar-refractivity contribution < 1.29 is 52.9 Å². The normalized spacial score (nSPS) is 25.0. The number of aliphatic hydroxyl groups excluding tert-OH is 3. The Bertz CT molecular complexity index is 1230. The van der Waals surface area contributed by atoms with Crippen LogP contribution in [-0.4, -0.2) is 123 Å². The summed E-state index contributed by atoms with van der Waals surface area (Å²) in [4.78, 5) is 58.0. The first-order chi connectivity index (χ1) is 20.2. The Labute approximate surface area is 251 Å². The predicted molar refractivity (Wildman–Crippen MR) is 153 cm³/mol. The van der Waals surface area contributed by atoms with Crippen molar-refractivity contribution in [2.45, 2.75) is 57.8 Å². The Balaban J connectivity index is 1.46. The number of carbonyl (C=O) groups excluding carboxylic acids is 3. The molecule has 0 saturated carbocycles. The van der Waals surface area contributed by atoms with Crippen LogP contribution in [0.1, 0.15) is 32.9 Å². The number of amides is 2. The van der Waals surface area contributed by atoms with Gasteiger partial charge in [0.2, 0.25) is 11.8 Å². The Kier molecular flexibility index (Phi) is 12.1. The highest BCUT2D eigenvalue weighted by molar-refractivity contribution is 8.13. The standard InChI is InChI=1S/C23H38N7O11PS/c1-12(31)43-11-29-14(32)5-6-25-21(36)18(35)23(2,3)8-40-42(37,38)39-7-13-16(33)17(34)22(41-13)30-10-28-19(24-4)15-20(30)27-9-26-15/h9,13,16-18,22,33-35H,5-8,10-11H2,1-4H3,(H,24,28)(H,25,36)(H,26,27)(H,29,32)(H,37,38). The summed E-state index contributed by atoms with van der Waals surface area (Å²) in [6, 6.07) is 0. The third-order valence-corrected chi connectivity index (χ3v) is 8.23. The fourth-order valence-corrected chi connectivity index (χ4v) is 5.46. The number of ether oxygens (including phenoxy) is 1. The average molecular weight is 652 g/mol. The lowest BCUT2D eigenvalue weighted by atomic mass is 9.87. The number of imidazole rings is 1. The molecule has 18 nitrogen and oxygen atoms in total. The number of rotatable bonds is 14. The Morgan fingerprint density at radius 3 is 2.70 bits per heavy atom. The number of nitrogens with one attached hydrogen (secondary N) is 4. The smallest absolute Gasteiger partial charge is 0.387 e. The summed E-state index contributed by atoms with van der Waals surface area (Å²) >= 11 is 0.923. The van der Waals surface area contributed by atoms with Crippen molar-refractivity contribution in [2.75, 3.05) is 44.3 Å². The lowest BCUT2D eigenvalue weighted by Gasteiger charge is -2.34. The van der Waals surface area contributed by atoms with Crippen molar-refractivity contribution in [2.24, 2.45) is 10.4 Å². The van der Waals surface area contributed by atoms with E-state index in [2.05, 4.69) is 30.9 Å². The summed E-state index contributed by atoms with van der Waals surface area (Å²) in [6.45, 7) is 3.03. The zero-order chi connectivity index (χ0) is 31.9. The number of aliphatic hydroxyl groups is 3. The van der Waals surface area contributed by atoms with Crippen molar-refractivity contribution >= 4 is 48.2 Å². The molecule has 0 radical (unpaired) electrons. The van der Waals surface area contributed by atoms with Crippen molar-refractivity contribution in [3.05, 3.63) is 12.0 Å². The Morgan fingerprint density at radius 1 is 1.30 bits per heavy atom. The molecule has 0 aromatic carbocycles. The number of nitrogens with zero attached hydrogens (tertiary/aromatic N) is 3. The van der Waals surface area contributed by atoms with E-state index in [0.29, 0.717) is 17.3 Å². The van der Waals surface area contributed by atoms with Crippen LogP contribution in [0, 0.1) is 5.41 Å². The van der Waals surface area contributed by atoms with Crippen molar-refractivity contribution in [1.29, 1.82) is 0 Å². The number of aliphatic imine (C=N–C) groups is 1. The number of thioether (sulfide) groups is 1. The van der Waals surface area contributed by atoms with Gasteiger partial charge in [-0.15, -0.1) is 0 Å². The minimum absolute atomic E-state index is 0.0934. The largest absolute Gasteiger partial charge is 0.472 e. The van der Waals surface area contributed by atoms with E-state index in [1.807, 2.05) is 0 Å². The molecule has 3 rings (SSSR count). The number of hydrogen-bond donors (Lipinski definition) is 8. The molecule has 0 bridgehead atoms. The van der Waals surface area contributed by atoms with E-state index in [0.717, 1.165) is 11.8 Å². The molecule has 1 saturated heterocycles. The van der Waals surface area contributed by atoms with Gasteiger partial charge in [0.05, 0.1) is 32.1 Å². The van der Waals surface area contributed by atoms with E-state index in [-0.39, 0.29) is 30.6 Å². The minimum Gasteiger partial charge on any atom is -0.387 e. The zero-order valence-corrected chi connectivity index (χ0v) is 25.8. The summed E-state index contributed by atoms with van der Waals surface area (Å²) in [6.07, 6.45) is -5.52. The Hall–Kier alpha value is -2.61. The highest BCUT2D eigenvalue weighted by Gasteiger charge is 2.48. The van der Waals surface area contributed by atoms with Crippen LogP contribution in [0.2, 0.25) is 0 Å². The average Bonchev–Trinajstić information content (AvgIpc) is 3.55. The van der Waals surface area contributed by atoms with Gasteiger partial charge in [-0.25, -0.2) is 9.55 Å². The van der Waals surface area contributed by atoms with E-state index >= 15 is 0 Å². The first-order valence-corrected chi connectivity index (χ1v) is 15.6.